The number of thioether (sulfide) groups is 1. The van der Waals surface area contributed by atoms with E-state index in [1.54, 1.807) is 6.08 Å². The number of carboxylic acid groups (broad SMARTS) is 2. The Morgan fingerprint density at radius 3 is 2.40 bits per heavy atom. The zero-order valence-corrected chi connectivity index (χ0v) is 26.9. The molecule has 0 bridgehead atoms. The van der Waals surface area contributed by atoms with E-state index < -0.39 is 17.6 Å². The minimum Gasteiger partial charge on any atom is -0.495 e. The number of rotatable bonds is 12. The number of hydrogen-bond acceptors (Lipinski definition) is 8. The van der Waals surface area contributed by atoms with Gasteiger partial charge in [-0.2, -0.15) is 11.8 Å². The lowest BCUT2D eigenvalue weighted by Crippen LogP contribution is -2.43. The molecule has 8 N–H and O–H groups in total. The van der Waals surface area contributed by atoms with Crippen molar-refractivity contribution in [1.29, 1.82) is 0 Å². The third-order valence-corrected chi connectivity index (χ3v) is 11.7. The first-order valence-corrected chi connectivity index (χ1v) is 16.8. The Morgan fingerprint density at radius 1 is 1.09 bits per heavy atom. The van der Waals surface area contributed by atoms with Gasteiger partial charge in [-0.05, 0) is 55.0 Å². The number of hydrogen-bond donors (Lipinski definition) is 8. The summed E-state index contributed by atoms with van der Waals surface area (Å²) in [4.78, 5) is 39.6. The number of aromatic amines is 1. The largest absolute Gasteiger partial charge is 0.495 e. The number of aromatic nitrogens is 1. The van der Waals surface area contributed by atoms with Crippen molar-refractivity contribution in [2.75, 3.05) is 5.75 Å². The van der Waals surface area contributed by atoms with Gasteiger partial charge in [-0.25, -0.2) is 0 Å². The standard InChI is InChI=1S/C33H43N5O6S/c1-6-18-14(2)22(35-32(18)44)11-21-15(3)19(7-9-26(39)40)23(34-21)12-24-20(8-10-27(41)42)17(5)33(37-24)30(38-33)29-28(25-13-45-25)16(4)31(43)36-29/h6,12,14,16,22,25,28-30,34-35,37-38,44H,1,7-11,13H2,2-5H3,(H,36,43)(H,39,40)(H,41,42)/b24-12-/t14?,16-,22-,25+,28+,29?,30+,33-/m1/s1. The van der Waals surface area contributed by atoms with Crippen LogP contribution in [0.1, 0.15) is 62.5 Å². The first kappa shape index (κ1) is 31.3. The highest BCUT2D eigenvalue weighted by Gasteiger charge is 2.66. The molecule has 0 radical (unpaired) electrons. The maximum Gasteiger partial charge on any atom is 0.303 e. The molecule has 6 heterocycles. The number of allylic oxidation sites excluding steroid dienone is 2. The van der Waals surface area contributed by atoms with Crippen molar-refractivity contribution in [3.63, 3.8) is 0 Å². The second kappa shape index (κ2) is 11.6. The Kier molecular flexibility index (Phi) is 8.09. The van der Waals surface area contributed by atoms with Crippen LogP contribution in [-0.2, 0) is 27.2 Å². The van der Waals surface area contributed by atoms with Gasteiger partial charge < -0.3 is 36.3 Å². The molecule has 12 heteroatoms. The van der Waals surface area contributed by atoms with E-state index in [-0.39, 0.29) is 60.5 Å². The summed E-state index contributed by atoms with van der Waals surface area (Å²) >= 11 is 1.89. The van der Waals surface area contributed by atoms with Gasteiger partial charge in [0.2, 0.25) is 5.91 Å². The van der Waals surface area contributed by atoms with E-state index in [2.05, 4.69) is 32.8 Å². The van der Waals surface area contributed by atoms with Gasteiger partial charge in [-0.1, -0.05) is 26.5 Å². The molecule has 5 aliphatic rings. The van der Waals surface area contributed by atoms with Gasteiger partial charge in [-0.15, -0.1) is 0 Å². The monoisotopic (exact) mass is 637 g/mol. The van der Waals surface area contributed by atoms with Crippen molar-refractivity contribution >= 4 is 35.7 Å². The van der Waals surface area contributed by atoms with Gasteiger partial charge in [0.1, 0.15) is 5.66 Å². The van der Waals surface area contributed by atoms with Crippen LogP contribution in [-0.4, -0.2) is 72.9 Å². The molecule has 1 aromatic rings. The zero-order valence-electron chi connectivity index (χ0n) is 26.1. The summed E-state index contributed by atoms with van der Waals surface area (Å²) in [6.07, 6.45) is 4.84. The predicted octanol–water partition coefficient (Wildman–Crippen LogP) is 3.11. The fourth-order valence-corrected chi connectivity index (χ4v) is 8.78. The molecule has 6 rings (SSSR count). The van der Waals surface area contributed by atoms with E-state index in [9.17, 15) is 29.7 Å². The maximum atomic E-state index is 12.7. The van der Waals surface area contributed by atoms with Crippen molar-refractivity contribution in [2.24, 2.45) is 17.8 Å². The first-order valence-electron chi connectivity index (χ1n) is 15.7. The summed E-state index contributed by atoms with van der Waals surface area (Å²) in [5.74, 6) is -0.297. The quantitative estimate of drug-likeness (QED) is 0.158. The highest BCUT2D eigenvalue weighted by Crippen LogP contribution is 2.51. The maximum absolute atomic E-state index is 12.7. The molecule has 5 aliphatic heterocycles. The molecule has 45 heavy (non-hydrogen) atoms. The van der Waals surface area contributed by atoms with Crippen LogP contribution < -0.4 is 21.3 Å². The molecular weight excluding hydrogens is 594 g/mol. The topological polar surface area (TPSA) is 186 Å². The Labute approximate surface area is 267 Å². The molecule has 1 amide bonds. The van der Waals surface area contributed by atoms with Crippen LogP contribution in [0.3, 0.4) is 0 Å². The molecule has 0 aliphatic carbocycles. The van der Waals surface area contributed by atoms with E-state index in [0.717, 1.165) is 50.7 Å². The van der Waals surface area contributed by atoms with Gasteiger partial charge in [0.15, 0.2) is 5.88 Å². The number of carbonyl (C=O) groups excluding carboxylic acids is 1. The number of nitrogens with one attached hydrogen (secondary N) is 5. The molecule has 3 saturated heterocycles. The lowest BCUT2D eigenvalue weighted by Gasteiger charge is -2.21. The van der Waals surface area contributed by atoms with Gasteiger partial charge in [0.25, 0.3) is 0 Å². The van der Waals surface area contributed by atoms with Crippen molar-refractivity contribution in [3.8, 4) is 0 Å². The highest BCUT2D eigenvalue weighted by molar-refractivity contribution is 8.06. The Morgan fingerprint density at radius 2 is 1.78 bits per heavy atom. The van der Waals surface area contributed by atoms with Crippen LogP contribution in [0.4, 0.5) is 0 Å². The van der Waals surface area contributed by atoms with Crippen LogP contribution in [0.2, 0.25) is 0 Å². The molecule has 1 spiro atoms. The first-order chi connectivity index (χ1) is 21.4. The van der Waals surface area contributed by atoms with E-state index in [0.29, 0.717) is 24.5 Å². The average Bonchev–Trinajstić information content (AvgIpc) is 3.85. The van der Waals surface area contributed by atoms with Gasteiger partial charge >= 0.3 is 11.9 Å². The zero-order chi connectivity index (χ0) is 32.4. The van der Waals surface area contributed by atoms with Crippen molar-refractivity contribution < 1.29 is 29.7 Å². The minimum absolute atomic E-state index is 0.0286. The van der Waals surface area contributed by atoms with Crippen LogP contribution in [0, 0.1) is 24.7 Å². The van der Waals surface area contributed by atoms with E-state index in [4.69, 9.17) is 0 Å². The van der Waals surface area contributed by atoms with Crippen LogP contribution in [0.15, 0.2) is 41.0 Å². The molecule has 2 unspecified atom stereocenters. The molecule has 242 valence electrons. The summed E-state index contributed by atoms with van der Waals surface area (Å²) in [7, 11) is 0. The second-order valence-electron chi connectivity index (χ2n) is 13.1. The van der Waals surface area contributed by atoms with Crippen LogP contribution in [0.5, 0.6) is 0 Å². The van der Waals surface area contributed by atoms with Crippen LogP contribution in [0.25, 0.3) is 6.08 Å². The van der Waals surface area contributed by atoms with Gasteiger partial charge in [-0.3, -0.25) is 19.7 Å². The minimum atomic E-state index is -0.886. The van der Waals surface area contributed by atoms with Crippen LogP contribution >= 0.6 is 11.8 Å². The fraction of sp³-hybridized carbons (Fsp3) is 0.545. The third kappa shape index (κ3) is 5.56. The lowest BCUT2D eigenvalue weighted by atomic mass is 9.85. The summed E-state index contributed by atoms with van der Waals surface area (Å²) in [5.41, 5.74) is 6.50. The summed E-state index contributed by atoms with van der Waals surface area (Å²) in [6.45, 7) is 11.9. The average molecular weight is 638 g/mol. The SMILES string of the molecule is C=CC1=C(O)N[C@H](Cc2[nH]c(/C=C3\N[C@@]4(N[C@H]4C4NC(=O)[C@H](C)[C@H]4[C@@H]4CS4)C(C)=C3CCC(=O)O)c(CCC(=O)O)c2C)C1C. The molecule has 8 atom stereocenters. The fourth-order valence-electron chi connectivity index (χ4n) is 7.82. The smallest absolute Gasteiger partial charge is 0.303 e. The summed E-state index contributed by atoms with van der Waals surface area (Å²) < 4.78 is 0. The van der Waals surface area contributed by atoms with Gasteiger partial charge in [0, 0.05) is 76.7 Å². The molecular formula is C33H43N5O6S. The second-order valence-corrected chi connectivity index (χ2v) is 14.4. The number of H-pyrrole nitrogens is 1. The van der Waals surface area contributed by atoms with Crippen molar-refractivity contribution in [3.05, 3.63) is 63.5 Å². The number of aliphatic hydroxyl groups is 1. The Balaban J connectivity index is 1.33. The highest BCUT2D eigenvalue weighted by atomic mass is 32.2. The normalized spacial score (nSPS) is 34.4. The number of amides is 1. The molecule has 1 aromatic heterocycles. The van der Waals surface area contributed by atoms with Gasteiger partial charge in [0.05, 0.1) is 12.1 Å². The van der Waals surface area contributed by atoms with E-state index >= 15 is 0 Å². The van der Waals surface area contributed by atoms with E-state index in [1.165, 1.54) is 0 Å². The van der Waals surface area contributed by atoms with Crippen molar-refractivity contribution in [1.82, 2.24) is 26.3 Å². The summed E-state index contributed by atoms with van der Waals surface area (Å²) in [5, 5.41) is 43.7. The van der Waals surface area contributed by atoms with E-state index in [1.807, 2.05) is 45.5 Å². The molecule has 11 nitrogen and oxygen atoms in total. The van der Waals surface area contributed by atoms with Crippen molar-refractivity contribution in [2.45, 2.75) is 88.8 Å². The molecule has 0 saturated carbocycles. The third-order valence-electron chi connectivity index (χ3n) is 10.6. The number of aliphatic carboxylic acids is 2. The summed E-state index contributed by atoms with van der Waals surface area (Å²) in [6, 6.07) is -0.140. The lowest BCUT2D eigenvalue weighted by molar-refractivity contribution is -0.138. The molecule has 0 aromatic carbocycles. The predicted molar refractivity (Wildman–Crippen MR) is 172 cm³/mol. The number of carbonyl (C=O) groups is 3. The number of aliphatic hydroxyl groups excluding tert-OH is 1. The Hall–Kier alpha value is -3.64. The Bertz CT molecular complexity index is 1560. The molecule has 3 fully saturated rings. The number of carboxylic acids is 2.